The first-order valence-electron chi connectivity index (χ1n) is 8.50. The highest BCUT2D eigenvalue weighted by molar-refractivity contribution is 5.90. The topological polar surface area (TPSA) is 35.6 Å². The Bertz CT molecular complexity index is 762. The van der Waals surface area contributed by atoms with E-state index >= 15 is 0 Å². The predicted molar refractivity (Wildman–Crippen MR) is 94.7 cm³/mol. The second-order valence-electron chi connectivity index (χ2n) is 6.19. The summed E-state index contributed by atoms with van der Waals surface area (Å²) >= 11 is 0. The van der Waals surface area contributed by atoms with Crippen molar-refractivity contribution in [2.75, 3.05) is 42.9 Å². The Morgan fingerprint density at radius 1 is 0.923 bits per heavy atom. The Morgan fingerprint density at radius 3 is 2.31 bits per heavy atom. The Balaban J connectivity index is 1.45. The summed E-state index contributed by atoms with van der Waals surface area (Å²) in [6.45, 7) is 3.90. The van der Waals surface area contributed by atoms with Gasteiger partial charge in [0, 0.05) is 44.8 Å². The maximum Gasteiger partial charge on any atom is 0.225 e. The molecule has 1 amide bonds. The molecular weight excluding hydrogens is 343 g/mol. The molecule has 2 aromatic carbocycles. The summed E-state index contributed by atoms with van der Waals surface area (Å²) in [6, 6.07) is 11.9. The van der Waals surface area contributed by atoms with Gasteiger partial charge in [0.15, 0.2) is 17.5 Å². The molecule has 0 bridgehead atoms. The fourth-order valence-corrected chi connectivity index (χ4v) is 2.96. The van der Waals surface area contributed by atoms with Gasteiger partial charge in [0.05, 0.1) is 5.69 Å². The van der Waals surface area contributed by atoms with E-state index in [9.17, 15) is 18.0 Å². The number of carbonyl (C=O) groups excluding carboxylic acids is 1. The molecule has 1 aliphatic heterocycles. The minimum atomic E-state index is -1.58. The summed E-state index contributed by atoms with van der Waals surface area (Å²) in [5.74, 6) is -4.67. The number of rotatable bonds is 5. The van der Waals surface area contributed by atoms with Gasteiger partial charge in [-0.05, 0) is 24.3 Å². The fourth-order valence-electron chi connectivity index (χ4n) is 2.96. The third-order valence-corrected chi connectivity index (χ3v) is 4.46. The smallest absolute Gasteiger partial charge is 0.225 e. The number of hydrogen-bond acceptors (Lipinski definition) is 3. The molecule has 0 radical (unpaired) electrons. The lowest BCUT2D eigenvalue weighted by molar-refractivity contribution is -0.116. The minimum Gasteiger partial charge on any atom is -0.369 e. The second kappa shape index (κ2) is 8.23. The van der Waals surface area contributed by atoms with E-state index in [1.54, 1.807) is 0 Å². The molecule has 26 heavy (non-hydrogen) atoms. The van der Waals surface area contributed by atoms with Gasteiger partial charge in [0.1, 0.15) is 0 Å². The van der Waals surface area contributed by atoms with Crippen molar-refractivity contribution in [3.63, 3.8) is 0 Å². The maximum absolute atomic E-state index is 13.6. The Morgan fingerprint density at radius 2 is 1.62 bits per heavy atom. The van der Waals surface area contributed by atoms with Crippen molar-refractivity contribution in [1.82, 2.24) is 4.90 Å². The van der Waals surface area contributed by atoms with Crippen molar-refractivity contribution < 1.29 is 18.0 Å². The van der Waals surface area contributed by atoms with E-state index in [0.29, 0.717) is 6.54 Å². The molecule has 1 fully saturated rings. The molecule has 2 aromatic rings. The molecule has 1 saturated heterocycles. The van der Waals surface area contributed by atoms with Gasteiger partial charge in [0.2, 0.25) is 5.91 Å². The van der Waals surface area contributed by atoms with E-state index in [-0.39, 0.29) is 12.1 Å². The second-order valence-corrected chi connectivity index (χ2v) is 6.19. The van der Waals surface area contributed by atoms with E-state index in [1.165, 1.54) is 5.69 Å². The standard InChI is InChI=1S/C19H20F3N3O/c20-15-6-7-16(19(22)18(15)21)23-17(26)8-9-24-10-12-25(13-11-24)14-4-2-1-3-5-14/h1-7H,8-13H2,(H,23,26). The van der Waals surface area contributed by atoms with E-state index in [4.69, 9.17) is 0 Å². The first kappa shape index (κ1) is 18.3. The quantitative estimate of drug-likeness (QED) is 0.829. The molecule has 0 atom stereocenters. The van der Waals surface area contributed by atoms with Crippen LogP contribution in [-0.4, -0.2) is 43.5 Å². The van der Waals surface area contributed by atoms with Gasteiger partial charge in [-0.1, -0.05) is 18.2 Å². The largest absolute Gasteiger partial charge is 0.369 e. The average molecular weight is 363 g/mol. The number of benzene rings is 2. The van der Waals surface area contributed by atoms with Gasteiger partial charge >= 0.3 is 0 Å². The molecular formula is C19H20F3N3O. The molecule has 1 aliphatic rings. The fraction of sp³-hybridized carbons (Fsp3) is 0.316. The van der Waals surface area contributed by atoms with Crippen molar-refractivity contribution in [2.24, 2.45) is 0 Å². The molecule has 0 unspecified atom stereocenters. The number of nitrogens with one attached hydrogen (secondary N) is 1. The summed E-state index contributed by atoms with van der Waals surface area (Å²) in [5, 5.41) is 2.29. The highest BCUT2D eigenvalue weighted by atomic mass is 19.2. The molecule has 7 heteroatoms. The summed E-state index contributed by atoms with van der Waals surface area (Å²) in [5.41, 5.74) is 0.835. The van der Waals surface area contributed by atoms with Crippen LogP contribution >= 0.6 is 0 Å². The molecule has 0 spiro atoms. The molecule has 3 rings (SSSR count). The molecule has 4 nitrogen and oxygen atoms in total. The van der Waals surface area contributed by atoms with Crippen LogP contribution in [0.15, 0.2) is 42.5 Å². The van der Waals surface area contributed by atoms with Crippen LogP contribution in [0.3, 0.4) is 0 Å². The van der Waals surface area contributed by atoms with Crippen LogP contribution in [0.1, 0.15) is 6.42 Å². The molecule has 0 saturated carbocycles. The highest BCUT2D eigenvalue weighted by Crippen LogP contribution is 2.20. The van der Waals surface area contributed by atoms with Crippen LogP contribution in [-0.2, 0) is 4.79 Å². The zero-order chi connectivity index (χ0) is 18.5. The van der Waals surface area contributed by atoms with Gasteiger partial charge in [-0.2, -0.15) is 0 Å². The SMILES string of the molecule is O=C(CCN1CCN(c2ccccc2)CC1)Nc1ccc(F)c(F)c1F. The van der Waals surface area contributed by atoms with Crippen molar-refractivity contribution >= 4 is 17.3 Å². The van der Waals surface area contributed by atoms with Gasteiger partial charge in [-0.15, -0.1) is 0 Å². The van der Waals surface area contributed by atoms with Crippen molar-refractivity contribution in [1.29, 1.82) is 0 Å². The van der Waals surface area contributed by atoms with E-state index in [0.717, 1.165) is 38.3 Å². The Kier molecular flexibility index (Phi) is 5.78. The van der Waals surface area contributed by atoms with E-state index in [2.05, 4.69) is 27.2 Å². The van der Waals surface area contributed by atoms with Crippen molar-refractivity contribution in [3.8, 4) is 0 Å². The minimum absolute atomic E-state index is 0.157. The molecule has 138 valence electrons. The summed E-state index contributed by atoms with van der Waals surface area (Å²) in [4.78, 5) is 16.4. The van der Waals surface area contributed by atoms with Gasteiger partial charge in [0.25, 0.3) is 0 Å². The van der Waals surface area contributed by atoms with Crippen LogP contribution in [0.25, 0.3) is 0 Å². The Labute approximate surface area is 150 Å². The van der Waals surface area contributed by atoms with Crippen molar-refractivity contribution in [2.45, 2.75) is 6.42 Å². The van der Waals surface area contributed by atoms with Crippen LogP contribution in [0.4, 0.5) is 24.5 Å². The lowest BCUT2D eigenvalue weighted by atomic mass is 10.2. The van der Waals surface area contributed by atoms with Crippen LogP contribution in [0.5, 0.6) is 0 Å². The predicted octanol–water partition coefficient (Wildman–Crippen LogP) is 3.25. The average Bonchev–Trinajstić information content (AvgIpc) is 2.68. The molecule has 0 aromatic heterocycles. The lowest BCUT2D eigenvalue weighted by Crippen LogP contribution is -2.47. The lowest BCUT2D eigenvalue weighted by Gasteiger charge is -2.36. The third-order valence-electron chi connectivity index (χ3n) is 4.46. The monoisotopic (exact) mass is 363 g/mol. The van der Waals surface area contributed by atoms with Crippen molar-refractivity contribution in [3.05, 3.63) is 59.9 Å². The molecule has 0 aliphatic carbocycles. The third kappa shape index (κ3) is 4.35. The van der Waals surface area contributed by atoms with Crippen LogP contribution in [0, 0.1) is 17.5 Å². The zero-order valence-corrected chi connectivity index (χ0v) is 14.2. The summed E-state index contributed by atoms with van der Waals surface area (Å²) in [6.07, 6.45) is 0.157. The first-order valence-corrected chi connectivity index (χ1v) is 8.50. The number of nitrogens with zero attached hydrogens (tertiary/aromatic N) is 2. The normalized spacial score (nSPS) is 15.1. The van der Waals surface area contributed by atoms with Gasteiger partial charge < -0.3 is 10.2 Å². The van der Waals surface area contributed by atoms with Gasteiger partial charge in [-0.3, -0.25) is 9.69 Å². The Hall–Kier alpha value is -2.54. The first-order chi connectivity index (χ1) is 12.5. The number of anilines is 2. The number of amides is 1. The number of para-hydroxylation sites is 1. The molecule has 1 N–H and O–H groups in total. The van der Waals surface area contributed by atoms with E-state index in [1.807, 2.05) is 18.2 Å². The number of piperazine rings is 1. The highest BCUT2D eigenvalue weighted by Gasteiger charge is 2.19. The molecule has 1 heterocycles. The van der Waals surface area contributed by atoms with Gasteiger partial charge in [-0.25, -0.2) is 13.2 Å². The summed E-state index contributed by atoms with van der Waals surface area (Å²) < 4.78 is 39.7. The zero-order valence-electron chi connectivity index (χ0n) is 14.2. The summed E-state index contributed by atoms with van der Waals surface area (Å²) in [7, 11) is 0. The van der Waals surface area contributed by atoms with E-state index < -0.39 is 23.4 Å². The number of hydrogen-bond donors (Lipinski definition) is 1. The maximum atomic E-state index is 13.6. The number of halogens is 3. The van der Waals surface area contributed by atoms with Crippen LogP contribution in [0.2, 0.25) is 0 Å². The number of carbonyl (C=O) groups is 1. The van der Waals surface area contributed by atoms with Crippen LogP contribution < -0.4 is 10.2 Å².